The van der Waals surface area contributed by atoms with Gasteiger partial charge in [-0.25, -0.2) is 0 Å². The Bertz CT molecular complexity index is 213. The summed E-state index contributed by atoms with van der Waals surface area (Å²) < 4.78 is 11.2. The molecule has 3 unspecified atom stereocenters. The van der Waals surface area contributed by atoms with Gasteiger partial charge in [0.05, 0.1) is 18.8 Å². The van der Waals surface area contributed by atoms with Gasteiger partial charge in [-0.2, -0.15) is 0 Å². The second-order valence-electron chi connectivity index (χ2n) is 5.41. The quantitative estimate of drug-likeness (QED) is 0.566. The Labute approximate surface area is 104 Å². The highest BCUT2D eigenvalue weighted by molar-refractivity contribution is 4.89. The Hall–Kier alpha value is -0.160. The molecule has 4 heteroatoms. The van der Waals surface area contributed by atoms with Crippen LogP contribution in [-0.4, -0.2) is 32.5 Å². The summed E-state index contributed by atoms with van der Waals surface area (Å²) in [5.41, 5.74) is 2.99. The van der Waals surface area contributed by atoms with Gasteiger partial charge < -0.3 is 9.47 Å². The highest BCUT2D eigenvalue weighted by Gasteiger charge is 2.36. The predicted octanol–water partition coefficient (Wildman–Crippen LogP) is 1.45. The fraction of sp³-hybridized carbons (Fsp3) is 1.00. The Morgan fingerprint density at radius 3 is 2.47 bits per heavy atom. The standard InChI is InChI=1S/C13H26N2O2/c1-16-13(10-5-3-2-4-6-10)12(15-14)11-7-8-17-9-11/h10-13,15H,2-9,14H2,1H3. The molecule has 100 valence electrons. The van der Waals surface area contributed by atoms with Crippen LogP contribution in [-0.2, 0) is 9.47 Å². The van der Waals surface area contributed by atoms with Gasteiger partial charge in [0, 0.05) is 19.6 Å². The summed E-state index contributed by atoms with van der Waals surface area (Å²) in [5, 5.41) is 0. The lowest BCUT2D eigenvalue weighted by Crippen LogP contribution is -2.52. The highest BCUT2D eigenvalue weighted by atomic mass is 16.5. The second kappa shape index (κ2) is 6.69. The molecule has 1 heterocycles. The van der Waals surface area contributed by atoms with Gasteiger partial charge >= 0.3 is 0 Å². The third kappa shape index (κ3) is 3.19. The van der Waals surface area contributed by atoms with Crippen molar-refractivity contribution in [1.29, 1.82) is 0 Å². The average molecular weight is 242 g/mol. The van der Waals surface area contributed by atoms with Gasteiger partial charge in [0.2, 0.25) is 0 Å². The zero-order chi connectivity index (χ0) is 12.1. The molecular formula is C13H26N2O2. The van der Waals surface area contributed by atoms with Crippen molar-refractivity contribution in [2.75, 3.05) is 20.3 Å². The molecule has 1 saturated heterocycles. The number of hydrogen-bond acceptors (Lipinski definition) is 4. The Morgan fingerprint density at radius 1 is 1.18 bits per heavy atom. The molecule has 1 saturated carbocycles. The third-order valence-electron chi connectivity index (χ3n) is 4.41. The first-order valence-corrected chi connectivity index (χ1v) is 6.93. The minimum absolute atomic E-state index is 0.241. The van der Waals surface area contributed by atoms with E-state index in [0.717, 1.165) is 19.6 Å². The lowest BCUT2D eigenvalue weighted by molar-refractivity contribution is -0.00919. The van der Waals surface area contributed by atoms with Crippen molar-refractivity contribution in [3.8, 4) is 0 Å². The van der Waals surface area contributed by atoms with Crippen molar-refractivity contribution in [3.63, 3.8) is 0 Å². The maximum Gasteiger partial charge on any atom is 0.0769 e. The fourth-order valence-electron chi connectivity index (χ4n) is 3.43. The van der Waals surface area contributed by atoms with E-state index in [1.807, 2.05) is 7.11 Å². The number of hydrogen-bond donors (Lipinski definition) is 2. The summed E-state index contributed by atoms with van der Waals surface area (Å²) in [6.45, 7) is 1.69. The van der Waals surface area contributed by atoms with Gasteiger partial charge in [-0.3, -0.25) is 11.3 Å². The molecule has 2 rings (SSSR count). The topological polar surface area (TPSA) is 56.5 Å². The van der Waals surface area contributed by atoms with Crippen LogP contribution in [0.25, 0.3) is 0 Å². The van der Waals surface area contributed by atoms with Gasteiger partial charge in [0.25, 0.3) is 0 Å². The summed E-state index contributed by atoms with van der Waals surface area (Å²) in [6.07, 6.45) is 7.95. The van der Waals surface area contributed by atoms with Gasteiger partial charge in [-0.1, -0.05) is 19.3 Å². The van der Waals surface area contributed by atoms with Crippen LogP contribution < -0.4 is 11.3 Å². The van der Waals surface area contributed by atoms with Crippen LogP contribution in [0.4, 0.5) is 0 Å². The van der Waals surface area contributed by atoms with Crippen molar-refractivity contribution in [2.24, 2.45) is 17.7 Å². The summed E-state index contributed by atoms with van der Waals surface area (Å²) in [5.74, 6) is 6.92. The van der Waals surface area contributed by atoms with Crippen molar-refractivity contribution in [3.05, 3.63) is 0 Å². The van der Waals surface area contributed by atoms with E-state index in [0.29, 0.717) is 11.8 Å². The van der Waals surface area contributed by atoms with Crippen LogP contribution in [0.5, 0.6) is 0 Å². The number of nitrogens with two attached hydrogens (primary N) is 1. The SMILES string of the molecule is COC(C1CCCCC1)C(NN)C1CCOC1. The minimum Gasteiger partial charge on any atom is -0.381 e. The largest absolute Gasteiger partial charge is 0.381 e. The minimum atomic E-state index is 0.241. The van der Waals surface area contributed by atoms with Crippen molar-refractivity contribution in [2.45, 2.75) is 50.7 Å². The Kier molecular flexibility index (Phi) is 5.22. The van der Waals surface area contributed by atoms with Crippen molar-refractivity contribution < 1.29 is 9.47 Å². The molecule has 0 aromatic carbocycles. The molecular weight excluding hydrogens is 216 g/mol. The van der Waals surface area contributed by atoms with Gasteiger partial charge in [-0.15, -0.1) is 0 Å². The van der Waals surface area contributed by atoms with E-state index >= 15 is 0 Å². The first-order chi connectivity index (χ1) is 8.36. The lowest BCUT2D eigenvalue weighted by Gasteiger charge is -2.36. The van der Waals surface area contributed by atoms with E-state index in [9.17, 15) is 0 Å². The molecule has 2 aliphatic rings. The number of rotatable bonds is 5. The van der Waals surface area contributed by atoms with Gasteiger partial charge in [0.1, 0.15) is 0 Å². The lowest BCUT2D eigenvalue weighted by atomic mass is 9.79. The molecule has 0 aromatic rings. The molecule has 0 radical (unpaired) electrons. The third-order valence-corrected chi connectivity index (χ3v) is 4.41. The maximum absolute atomic E-state index is 5.76. The average Bonchev–Trinajstić information content (AvgIpc) is 2.90. The van der Waals surface area contributed by atoms with Gasteiger partial charge in [-0.05, 0) is 25.2 Å². The molecule has 4 nitrogen and oxygen atoms in total. The fourth-order valence-corrected chi connectivity index (χ4v) is 3.43. The maximum atomic E-state index is 5.76. The molecule has 3 N–H and O–H groups in total. The number of methoxy groups -OCH3 is 1. The first-order valence-electron chi connectivity index (χ1n) is 6.93. The van der Waals surface area contributed by atoms with E-state index < -0.39 is 0 Å². The molecule has 1 aliphatic carbocycles. The summed E-state index contributed by atoms with van der Waals surface area (Å²) >= 11 is 0. The van der Waals surface area contributed by atoms with Crippen LogP contribution in [0.1, 0.15) is 38.5 Å². The molecule has 2 fully saturated rings. The monoisotopic (exact) mass is 242 g/mol. The molecule has 0 aromatic heterocycles. The molecule has 0 spiro atoms. The number of nitrogens with one attached hydrogen (secondary N) is 1. The van der Waals surface area contributed by atoms with Gasteiger partial charge in [0.15, 0.2) is 0 Å². The molecule has 1 aliphatic heterocycles. The molecule has 3 atom stereocenters. The van der Waals surface area contributed by atoms with Crippen LogP contribution >= 0.6 is 0 Å². The molecule has 0 amide bonds. The van der Waals surface area contributed by atoms with E-state index in [1.54, 1.807) is 0 Å². The second-order valence-corrected chi connectivity index (χ2v) is 5.41. The number of ether oxygens (including phenoxy) is 2. The Balaban J connectivity index is 1.97. The smallest absolute Gasteiger partial charge is 0.0769 e. The summed E-state index contributed by atoms with van der Waals surface area (Å²) in [4.78, 5) is 0. The predicted molar refractivity (Wildman–Crippen MR) is 67.4 cm³/mol. The zero-order valence-electron chi connectivity index (χ0n) is 10.9. The van der Waals surface area contributed by atoms with E-state index in [2.05, 4.69) is 5.43 Å². The number of hydrazine groups is 1. The van der Waals surface area contributed by atoms with E-state index in [-0.39, 0.29) is 12.1 Å². The summed E-state index contributed by atoms with van der Waals surface area (Å²) in [7, 11) is 1.82. The molecule has 0 bridgehead atoms. The summed E-state index contributed by atoms with van der Waals surface area (Å²) in [6, 6.07) is 0.241. The normalized spacial score (nSPS) is 30.4. The van der Waals surface area contributed by atoms with Crippen LogP contribution in [0.3, 0.4) is 0 Å². The van der Waals surface area contributed by atoms with Crippen molar-refractivity contribution in [1.82, 2.24) is 5.43 Å². The molecule has 17 heavy (non-hydrogen) atoms. The van der Waals surface area contributed by atoms with Crippen LogP contribution in [0.2, 0.25) is 0 Å². The van der Waals surface area contributed by atoms with Crippen LogP contribution in [0, 0.1) is 11.8 Å². The van der Waals surface area contributed by atoms with E-state index in [1.165, 1.54) is 32.1 Å². The zero-order valence-corrected chi connectivity index (χ0v) is 10.9. The first kappa shape index (κ1) is 13.3. The van der Waals surface area contributed by atoms with Crippen molar-refractivity contribution >= 4 is 0 Å². The van der Waals surface area contributed by atoms with Crippen LogP contribution in [0.15, 0.2) is 0 Å². The van der Waals surface area contributed by atoms with E-state index in [4.69, 9.17) is 15.3 Å². The Morgan fingerprint density at radius 2 is 1.94 bits per heavy atom. The highest BCUT2D eigenvalue weighted by Crippen LogP contribution is 2.32.